The molecule has 1 amide bonds. The van der Waals surface area contributed by atoms with E-state index in [1.54, 1.807) is 0 Å². The maximum absolute atomic E-state index is 12.6. The lowest BCUT2D eigenvalue weighted by Gasteiger charge is -2.16. The van der Waals surface area contributed by atoms with Gasteiger partial charge in [-0.3, -0.25) is 4.79 Å². The van der Waals surface area contributed by atoms with Crippen LogP contribution in [0.4, 0.5) is 5.69 Å². The first kappa shape index (κ1) is 20.7. The Labute approximate surface area is 181 Å². The van der Waals surface area contributed by atoms with E-state index in [9.17, 15) is 4.79 Å². The number of carbonyl (C=O) groups excluding carboxylic acids is 1. The van der Waals surface area contributed by atoms with Crippen molar-refractivity contribution in [3.8, 4) is 11.3 Å². The number of imidazole rings is 1. The lowest BCUT2D eigenvalue weighted by molar-refractivity contribution is -0.113. The molecule has 1 fully saturated rings. The van der Waals surface area contributed by atoms with Crippen LogP contribution in [0.3, 0.4) is 0 Å². The summed E-state index contributed by atoms with van der Waals surface area (Å²) in [5, 5.41) is 3.86. The number of amides is 1. The van der Waals surface area contributed by atoms with Gasteiger partial charge in [0.05, 0.1) is 30.3 Å². The molecule has 156 valence electrons. The molecular formula is C24H27N3O2S. The Morgan fingerprint density at radius 3 is 2.80 bits per heavy atom. The molecule has 5 nitrogen and oxygen atoms in total. The van der Waals surface area contributed by atoms with Gasteiger partial charge in [0.1, 0.15) is 0 Å². The van der Waals surface area contributed by atoms with E-state index < -0.39 is 0 Å². The number of nitrogens with one attached hydrogen (secondary N) is 1. The Morgan fingerprint density at radius 2 is 2.07 bits per heavy atom. The number of aryl methyl sites for hydroxylation is 2. The van der Waals surface area contributed by atoms with E-state index in [0.717, 1.165) is 53.7 Å². The highest BCUT2D eigenvalue weighted by atomic mass is 32.2. The van der Waals surface area contributed by atoms with Gasteiger partial charge >= 0.3 is 0 Å². The first-order valence-electron chi connectivity index (χ1n) is 10.3. The highest BCUT2D eigenvalue weighted by Crippen LogP contribution is 2.28. The number of benzene rings is 2. The number of rotatable bonds is 7. The maximum Gasteiger partial charge on any atom is 0.234 e. The number of ether oxygens (including phenoxy) is 1. The maximum atomic E-state index is 12.6. The van der Waals surface area contributed by atoms with Gasteiger partial charge in [0.15, 0.2) is 5.16 Å². The van der Waals surface area contributed by atoms with Crippen molar-refractivity contribution in [3.63, 3.8) is 0 Å². The number of anilines is 1. The van der Waals surface area contributed by atoms with Crippen LogP contribution in [0.1, 0.15) is 24.0 Å². The smallest absolute Gasteiger partial charge is 0.234 e. The first-order valence-corrected chi connectivity index (χ1v) is 11.3. The third-order valence-electron chi connectivity index (χ3n) is 5.29. The molecule has 1 aromatic heterocycles. The van der Waals surface area contributed by atoms with Gasteiger partial charge in [-0.2, -0.15) is 0 Å². The second-order valence-electron chi connectivity index (χ2n) is 7.69. The van der Waals surface area contributed by atoms with Crippen molar-refractivity contribution in [2.45, 2.75) is 44.5 Å². The largest absolute Gasteiger partial charge is 0.376 e. The minimum atomic E-state index is -0.0279. The van der Waals surface area contributed by atoms with E-state index in [1.165, 1.54) is 17.3 Å². The summed E-state index contributed by atoms with van der Waals surface area (Å²) in [6.45, 7) is 5.63. The summed E-state index contributed by atoms with van der Waals surface area (Å²) < 4.78 is 8.06. The Hall–Kier alpha value is -2.57. The molecular weight excluding hydrogens is 394 g/mol. The van der Waals surface area contributed by atoms with Gasteiger partial charge in [-0.15, -0.1) is 0 Å². The number of hydrogen-bond acceptors (Lipinski definition) is 4. The number of carbonyl (C=O) groups is 1. The molecule has 1 aliphatic rings. The topological polar surface area (TPSA) is 56.2 Å². The predicted octanol–water partition coefficient (Wildman–Crippen LogP) is 5.08. The van der Waals surface area contributed by atoms with Crippen molar-refractivity contribution < 1.29 is 9.53 Å². The van der Waals surface area contributed by atoms with E-state index in [0.29, 0.717) is 5.75 Å². The van der Waals surface area contributed by atoms with Crippen molar-refractivity contribution in [1.82, 2.24) is 9.55 Å². The monoisotopic (exact) mass is 421 g/mol. The summed E-state index contributed by atoms with van der Waals surface area (Å²) in [7, 11) is 0. The molecule has 1 saturated heterocycles. The standard InChI is InChI=1S/C24H27N3O2S/c1-17-10-11-21(18(2)13-17)26-23(28)16-30-24-25-14-22(19-7-4-3-5-8-19)27(24)15-20-9-6-12-29-20/h3-5,7-8,10-11,13-14,20H,6,9,12,15-16H2,1-2H3,(H,26,28)/t20-/m0/s1. The van der Waals surface area contributed by atoms with Crippen LogP contribution in [0.25, 0.3) is 11.3 Å². The zero-order valence-electron chi connectivity index (χ0n) is 17.4. The molecule has 0 spiro atoms. The summed E-state index contributed by atoms with van der Waals surface area (Å²) in [6, 6.07) is 16.3. The summed E-state index contributed by atoms with van der Waals surface area (Å²) in [4.78, 5) is 17.2. The predicted molar refractivity (Wildman–Crippen MR) is 122 cm³/mol. The van der Waals surface area contributed by atoms with Crippen LogP contribution in [0.5, 0.6) is 0 Å². The summed E-state index contributed by atoms with van der Waals surface area (Å²) in [5.74, 6) is 0.282. The molecule has 1 aliphatic heterocycles. The number of nitrogens with zero attached hydrogens (tertiary/aromatic N) is 2. The quantitative estimate of drug-likeness (QED) is 0.541. The van der Waals surface area contributed by atoms with E-state index >= 15 is 0 Å². The zero-order chi connectivity index (χ0) is 20.9. The number of aromatic nitrogens is 2. The molecule has 1 N–H and O–H groups in total. The average molecular weight is 422 g/mol. The minimum Gasteiger partial charge on any atom is -0.376 e. The molecule has 4 rings (SSSR count). The van der Waals surface area contributed by atoms with Crippen molar-refractivity contribution in [2.75, 3.05) is 17.7 Å². The van der Waals surface area contributed by atoms with Gasteiger partial charge in [0.25, 0.3) is 0 Å². The van der Waals surface area contributed by atoms with E-state index in [1.807, 2.05) is 50.4 Å². The molecule has 0 unspecified atom stereocenters. The second kappa shape index (κ2) is 9.49. The number of hydrogen-bond donors (Lipinski definition) is 1. The fourth-order valence-corrected chi connectivity index (χ4v) is 4.54. The van der Waals surface area contributed by atoms with Crippen LogP contribution < -0.4 is 5.32 Å². The van der Waals surface area contributed by atoms with Crippen LogP contribution in [-0.2, 0) is 16.1 Å². The Bertz CT molecular complexity index is 1010. The highest BCUT2D eigenvalue weighted by Gasteiger charge is 2.21. The SMILES string of the molecule is Cc1ccc(NC(=O)CSc2ncc(-c3ccccc3)n2C[C@@H]2CCCO2)c(C)c1. The van der Waals surface area contributed by atoms with Crippen LogP contribution in [0.15, 0.2) is 59.9 Å². The highest BCUT2D eigenvalue weighted by molar-refractivity contribution is 7.99. The summed E-state index contributed by atoms with van der Waals surface area (Å²) in [6.07, 6.45) is 4.25. The zero-order valence-corrected chi connectivity index (χ0v) is 18.2. The van der Waals surface area contributed by atoms with Crippen LogP contribution in [0.2, 0.25) is 0 Å². The molecule has 1 atom stereocenters. The van der Waals surface area contributed by atoms with Crippen LogP contribution >= 0.6 is 11.8 Å². The molecule has 2 heterocycles. The Morgan fingerprint density at radius 1 is 1.23 bits per heavy atom. The minimum absolute atomic E-state index is 0.0279. The Balaban J connectivity index is 1.48. The van der Waals surface area contributed by atoms with Crippen LogP contribution in [-0.4, -0.2) is 33.9 Å². The van der Waals surface area contributed by atoms with E-state index in [-0.39, 0.29) is 12.0 Å². The lowest BCUT2D eigenvalue weighted by atomic mass is 10.1. The molecule has 0 saturated carbocycles. The van der Waals surface area contributed by atoms with Gasteiger partial charge < -0.3 is 14.6 Å². The van der Waals surface area contributed by atoms with Gasteiger partial charge in [-0.05, 0) is 43.9 Å². The molecule has 6 heteroatoms. The Kier molecular flexibility index (Phi) is 6.55. The van der Waals surface area contributed by atoms with E-state index in [2.05, 4.69) is 33.1 Å². The van der Waals surface area contributed by atoms with Gasteiger partial charge in [-0.1, -0.05) is 59.8 Å². The van der Waals surface area contributed by atoms with Crippen molar-refractivity contribution >= 4 is 23.4 Å². The van der Waals surface area contributed by atoms with Gasteiger partial charge in [0, 0.05) is 12.3 Å². The number of thioether (sulfide) groups is 1. The molecule has 0 aliphatic carbocycles. The van der Waals surface area contributed by atoms with Gasteiger partial charge in [-0.25, -0.2) is 4.98 Å². The average Bonchev–Trinajstić information content (AvgIpc) is 3.40. The fraction of sp³-hybridized carbons (Fsp3) is 0.333. The second-order valence-corrected chi connectivity index (χ2v) is 8.64. The molecule has 30 heavy (non-hydrogen) atoms. The molecule has 0 bridgehead atoms. The normalized spacial score (nSPS) is 16.0. The van der Waals surface area contributed by atoms with Gasteiger partial charge in [0.2, 0.25) is 5.91 Å². The third kappa shape index (κ3) is 4.94. The summed E-state index contributed by atoms with van der Waals surface area (Å²) >= 11 is 1.47. The summed E-state index contributed by atoms with van der Waals surface area (Å²) in [5.41, 5.74) is 5.29. The van der Waals surface area contributed by atoms with E-state index in [4.69, 9.17) is 4.74 Å². The van der Waals surface area contributed by atoms with Crippen molar-refractivity contribution in [2.24, 2.45) is 0 Å². The third-order valence-corrected chi connectivity index (χ3v) is 6.28. The fourth-order valence-electron chi connectivity index (χ4n) is 3.75. The molecule has 0 radical (unpaired) electrons. The molecule has 3 aromatic rings. The van der Waals surface area contributed by atoms with Crippen LogP contribution in [0, 0.1) is 13.8 Å². The first-order chi connectivity index (χ1) is 14.6. The molecule has 2 aromatic carbocycles. The van der Waals surface area contributed by atoms with Crippen molar-refractivity contribution in [3.05, 3.63) is 65.9 Å². The lowest BCUT2D eigenvalue weighted by Crippen LogP contribution is -2.18. The van der Waals surface area contributed by atoms with Crippen molar-refractivity contribution in [1.29, 1.82) is 0 Å².